The summed E-state index contributed by atoms with van der Waals surface area (Å²) in [5, 5.41) is 1.55. The zero-order chi connectivity index (χ0) is 18.1. The van der Waals surface area contributed by atoms with E-state index in [4.69, 9.17) is 4.84 Å². The number of para-hydroxylation sites is 1. The molecule has 2 heterocycles. The molecule has 1 aliphatic heterocycles. The van der Waals surface area contributed by atoms with Crippen LogP contribution in [0, 0.1) is 0 Å². The van der Waals surface area contributed by atoms with E-state index >= 15 is 0 Å². The minimum absolute atomic E-state index is 0.0126. The predicted octanol–water partition coefficient (Wildman–Crippen LogP) is 2.92. The lowest BCUT2D eigenvalue weighted by Gasteiger charge is -2.12. The number of imide groups is 1. The van der Waals surface area contributed by atoms with Gasteiger partial charge in [0.15, 0.2) is 0 Å². The summed E-state index contributed by atoms with van der Waals surface area (Å²) in [5.41, 5.74) is 2.06. The van der Waals surface area contributed by atoms with Crippen molar-refractivity contribution in [2.24, 2.45) is 0 Å². The van der Waals surface area contributed by atoms with Gasteiger partial charge in [0.25, 0.3) is 11.8 Å². The van der Waals surface area contributed by atoms with Gasteiger partial charge in [-0.25, -0.2) is 4.79 Å². The molecule has 0 spiro atoms. The number of fused-ring (bicyclic) bond motifs is 2. The summed E-state index contributed by atoms with van der Waals surface area (Å²) in [4.78, 5) is 45.9. The minimum Gasteiger partial charge on any atom is -0.330 e. The van der Waals surface area contributed by atoms with Gasteiger partial charge in [-0.3, -0.25) is 14.6 Å². The number of hydroxylamine groups is 2. The summed E-state index contributed by atoms with van der Waals surface area (Å²) in [6.07, 6.45) is 0.367. The third kappa shape index (κ3) is 2.82. The SMILES string of the molecule is O=C(CCc1ccc2ccccc2n1)ON1C(=O)c2ccccc2C1=O. The third-order valence-corrected chi connectivity index (χ3v) is 4.19. The van der Waals surface area contributed by atoms with Gasteiger partial charge < -0.3 is 4.84 Å². The van der Waals surface area contributed by atoms with Crippen LogP contribution in [0.4, 0.5) is 0 Å². The molecular weight excluding hydrogens is 332 g/mol. The number of aromatic nitrogens is 1. The fourth-order valence-corrected chi connectivity index (χ4v) is 2.88. The fourth-order valence-electron chi connectivity index (χ4n) is 2.88. The van der Waals surface area contributed by atoms with Crippen molar-refractivity contribution in [3.8, 4) is 0 Å². The van der Waals surface area contributed by atoms with Crippen molar-refractivity contribution in [3.05, 3.63) is 77.5 Å². The molecule has 2 aromatic carbocycles. The molecule has 0 saturated heterocycles. The van der Waals surface area contributed by atoms with Crippen LogP contribution in [0.25, 0.3) is 10.9 Å². The average Bonchev–Trinajstić information content (AvgIpc) is 2.91. The van der Waals surface area contributed by atoms with Crippen LogP contribution >= 0.6 is 0 Å². The summed E-state index contributed by atoms with van der Waals surface area (Å²) in [6, 6.07) is 17.8. The van der Waals surface area contributed by atoms with E-state index in [0.717, 1.165) is 16.6 Å². The fraction of sp³-hybridized carbons (Fsp3) is 0.100. The Morgan fingerprint density at radius 2 is 1.54 bits per heavy atom. The molecule has 6 nitrogen and oxygen atoms in total. The van der Waals surface area contributed by atoms with E-state index in [1.165, 1.54) is 12.1 Å². The van der Waals surface area contributed by atoms with E-state index < -0.39 is 17.8 Å². The second-order valence-electron chi connectivity index (χ2n) is 5.91. The van der Waals surface area contributed by atoms with E-state index in [-0.39, 0.29) is 17.5 Å². The molecule has 1 aliphatic rings. The van der Waals surface area contributed by atoms with Crippen LogP contribution in [0.1, 0.15) is 32.8 Å². The van der Waals surface area contributed by atoms with E-state index in [2.05, 4.69) is 4.98 Å². The lowest BCUT2D eigenvalue weighted by atomic mass is 10.1. The van der Waals surface area contributed by atoms with Crippen LogP contribution in [0.15, 0.2) is 60.7 Å². The number of amides is 2. The van der Waals surface area contributed by atoms with Crippen LogP contribution in [0.5, 0.6) is 0 Å². The Morgan fingerprint density at radius 1 is 0.885 bits per heavy atom. The maximum Gasteiger partial charge on any atom is 0.333 e. The van der Waals surface area contributed by atoms with E-state index in [1.807, 2.05) is 36.4 Å². The van der Waals surface area contributed by atoms with Gasteiger partial charge in [-0.15, -0.1) is 0 Å². The second kappa shape index (κ2) is 6.40. The Balaban J connectivity index is 1.41. The Bertz CT molecular complexity index is 1010. The standard InChI is InChI=1S/C20H14N2O4/c23-18(12-11-14-10-9-13-5-1-4-8-17(13)21-14)26-22-19(24)15-6-2-3-7-16(15)20(22)25/h1-10H,11-12H2. The first-order valence-corrected chi connectivity index (χ1v) is 8.17. The normalized spacial score (nSPS) is 13.2. The lowest BCUT2D eigenvalue weighted by Crippen LogP contribution is -2.32. The van der Waals surface area contributed by atoms with Gasteiger partial charge in [-0.2, -0.15) is 0 Å². The molecule has 0 unspecified atom stereocenters. The van der Waals surface area contributed by atoms with Crippen LogP contribution in [0.3, 0.4) is 0 Å². The molecule has 0 atom stereocenters. The van der Waals surface area contributed by atoms with Crippen molar-refractivity contribution >= 4 is 28.7 Å². The number of benzene rings is 2. The van der Waals surface area contributed by atoms with E-state index in [1.54, 1.807) is 12.1 Å². The van der Waals surface area contributed by atoms with Crippen molar-refractivity contribution < 1.29 is 19.2 Å². The highest BCUT2D eigenvalue weighted by Gasteiger charge is 2.38. The molecule has 3 aromatic rings. The smallest absolute Gasteiger partial charge is 0.330 e. The summed E-state index contributed by atoms with van der Waals surface area (Å²) in [7, 11) is 0. The zero-order valence-electron chi connectivity index (χ0n) is 13.7. The largest absolute Gasteiger partial charge is 0.333 e. The Morgan fingerprint density at radius 3 is 2.27 bits per heavy atom. The summed E-state index contributed by atoms with van der Waals surface area (Å²) < 4.78 is 0. The number of carbonyl (C=O) groups is 3. The van der Waals surface area contributed by atoms with Crippen LogP contribution in [-0.2, 0) is 16.1 Å². The number of nitrogens with zero attached hydrogens (tertiary/aromatic N) is 2. The maximum absolute atomic E-state index is 12.2. The number of rotatable bonds is 4. The van der Waals surface area contributed by atoms with Crippen molar-refractivity contribution in [1.82, 2.24) is 10.0 Å². The first kappa shape index (κ1) is 16.0. The van der Waals surface area contributed by atoms with Gasteiger partial charge in [-0.1, -0.05) is 41.5 Å². The van der Waals surface area contributed by atoms with Gasteiger partial charge in [0.05, 0.1) is 23.1 Å². The average molecular weight is 346 g/mol. The van der Waals surface area contributed by atoms with Crippen molar-refractivity contribution in [2.75, 3.05) is 0 Å². The topological polar surface area (TPSA) is 76.6 Å². The molecule has 2 amide bonds. The van der Waals surface area contributed by atoms with E-state index in [9.17, 15) is 14.4 Å². The maximum atomic E-state index is 12.2. The molecule has 6 heteroatoms. The molecule has 26 heavy (non-hydrogen) atoms. The monoisotopic (exact) mass is 346 g/mol. The van der Waals surface area contributed by atoms with Crippen molar-refractivity contribution in [1.29, 1.82) is 0 Å². The van der Waals surface area contributed by atoms with Gasteiger partial charge in [0.1, 0.15) is 0 Å². The van der Waals surface area contributed by atoms with Gasteiger partial charge in [0, 0.05) is 17.5 Å². The highest BCUT2D eigenvalue weighted by molar-refractivity contribution is 6.20. The molecule has 0 radical (unpaired) electrons. The van der Waals surface area contributed by atoms with Crippen LogP contribution < -0.4 is 0 Å². The minimum atomic E-state index is -0.658. The molecular formula is C20H14N2O4. The van der Waals surface area contributed by atoms with E-state index in [0.29, 0.717) is 11.5 Å². The quantitative estimate of drug-likeness (QED) is 0.679. The Labute approximate surface area is 149 Å². The number of carbonyl (C=O) groups excluding carboxylic acids is 3. The first-order chi connectivity index (χ1) is 12.6. The van der Waals surface area contributed by atoms with Crippen LogP contribution in [-0.4, -0.2) is 27.8 Å². The number of hydrogen-bond donors (Lipinski definition) is 0. The predicted molar refractivity (Wildman–Crippen MR) is 93.1 cm³/mol. The molecule has 0 saturated carbocycles. The molecule has 0 N–H and O–H groups in total. The molecule has 0 fully saturated rings. The highest BCUT2D eigenvalue weighted by atomic mass is 16.7. The van der Waals surface area contributed by atoms with Crippen LogP contribution in [0.2, 0.25) is 0 Å². The second-order valence-corrected chi connectivity index (χ2v) is 5.91. The molecule has 0 bridgehead atoms. The highest BCUT2D eigenvalue weighted by Crippen LogP contribution is 2.23. The molecule has 4 rings (SSSR count). The number of hydrogen-bond acceptors (Lipinski definition) is 5. The Kier molecular flexibility index (Phi) is 3.93. The lowest BCUT2D eigenvalue weighted by molar-refractivity contribution is -0.168. The zero-order valence-corrected chi connectivity index (χ0v) is 13.7. The number of pyridine rings is 1. The Hall–Kier alpha value is -3.54. The number of aryl methyl sites for hydroxylation is 1. The molecule has 128 valence electrons. The first-order valence-electron chi connectivity index (χ1n) is 8.17. The summed E-state index contributed by atoms with van der Waals surface area (Å²) in [5.74, 6) is -1.90. The van der Waals surface area contributed by atoms with Gasteiger partial charge in [-0.05, 0) is 24.3 Å². The van der Waals surface area contributed by atoms with Gasteiger partial charge >= 0.3 is 5.97 Å². The van der Waals surface area contributed by atoms with Crippen molar-refractivity contribution in [2.45, 2.75) is 12.8 Å². The molecule has 0 aliphatic carbocycles. The van der Waals surface area contributed by atoms with Gasteiger partial charge in [0.2, 0.25) is 0 Å². The van der Waals surface area contributed by atoms with Crippen molar-refractivity contribution in [3.63, 3.8) is 0 Å². The molecule has 1 aromatic heterocycles. The third-order valence-electron chi connectivity index (χ3n) is 4.19. The summed E-state index contributed by atoms with van der Waals surface area (Å²) >= 11 is 0. The summed E-state index contributed by atoms with van der Waals surface area (Å²) in [6.45, 7) is 0.